The molecule has 12 nitrogen and oxygen atoms in total. The van der Waals surface area contributed by atoms with Crippen molar-refractivity contribution in [2.75, 3.05) is 13.2 Å². The minimum Gasteiger partial charge on any atom is -0.480 e. The number of aliphatic carboxylic acids is 1. The summed E-state index contributed by atoms with van der Waals surface area (Å²) in [5.41, 5.74) is 0.626. The molecule has 0 bridgehead atoms. The molecule has 1 aliphatic rings. The number of hydrogen-bond donors (Lipinski definition) is 7. The highest BCUT2D eigenvalue weighted by atomic mass is 16.4. The molecule has 1 saturated heterocycles. The number of amides is 3. The monoisotopic (exact) mass is 452 g/mol. The molecule has 1 aromatic rings. The zero-order chi connectivity index (χ0) is 23.7. The first-order chi connectivity index (χ1) is 15.3. The molecule has 12 heteroatoms. The number of carbonyl (C=O) groups excluding carboxylic acids is 3. The van der Waals surface area contributed by atoms with Crippen molar-refractivity contribution < 1.29 is 29.4 Å². The van der Waals surface area contributed by atoms with E-state index in [0.717, 1.165) is 13.0 Å². The fraction of sp³-hybridized carbons (Fsp3) is 0.650. The van der Waals surface area contributed by atoms with E-state index in [1.165, 1.54) is 12.5 Å². The summed E-state index contributed by atoms with van der Waals surface area (Å²) >= 11 is 0. The van der Waals surface area contributed by atoms with E-state index in [2.05, 4.69) is 31.2 Å². The molecule has 2 heterocycles. The Morgan fingerprint density at radius 2 is 1.94 bits per heavy atom. The van der Waals surface area contributed by atoms with Crippen LogP contribution in [-0.2, 0) is 25.6 Å². The molecule has 0 radical (unpaired) electrons. The van der Waals surface area contributed by atoms with Gasteiger partial charge in [0.1, 0.15) is 18.1 Å². The van der Waals surface area contributed by atoms with Gasteiger partial charge in [0.25, 0.3) is 0 Å². The van der Waals surface area contributed by atoms with Gasteiger partial charge in [0.05, 0.1) is 19.0 Å². The standard InChI is InChI=1S/C20H32N6O6/c1-3-11(2)16(19(30)25-15(9-27)20(31)32)26-18(29)14(7-12-8-21-10-23-12)24-17(28)13-5-4-6-22-13/h8,10-11,13-16,22,27H,3-7,9H2,1-2H3,(H,21,23)(H,24,28)(H,25,30)(H,26,29)(H,31,32). The molecule has 0 spiro atoms. The summed E-state index contributed by atoms with van der Waals surface area (Å²) in [6.07, 6.45) is 5.19. The van der Waals surface area contributed by atoms with Crippen molar-refractivity contribution in [1.82, 2.24) is 31.2 Å². The van der Waals surface area contributed by atoms with E-state index < -0.39 is 42.5 Å². The lowest BCUT2D eigenvalue weighted by Gasteiger charge is -2.27. The summed E-state index contributed by atoms with van der Waals surface area (Å²) in [6.45, 7) is 3.51. The molecule has 7 N–H and O–H groups in total. The van der Waals surface area contributed by atoms with E-state index in [9.17, 15) is 24.3 Å². The van der Waals surface area contributed by atoms with Gasteiger partial charge in [0, 0.05) is 18.3 Å². The van der Waals surface area contributed by atoms with Crippen molar-refractivity contribution in [3.8, 4) is 0 Å². The lowest BCUT2D eigenvalue weighted by molar-refractivity contribution is -0.143. The molecule has 5 atom stereocenters. The Labute approximate surface area is 185 Å². The number of aliphatic hydroxyl groups is 1. The van der Waals surface area contributed by atoms with Gasteiger partial charge in [-0.05, 0) is 25.3 Å². The average Bonchev–Trinajstić information content (AvgIpc) is 3.48. The maximum absolute atomic E-state index is 13.1. The third-order valence-electron chi connectivity index (χ3n) is 5.58. The van der Waals surface area contributed by atoms with Gasteiger partial charge in [-0.2, -0.15) is 0 Å². The minimum atomic E-state index is -1.49. The molecule has 0 saturated carbocycles. The van der Waals surface area contributed by atoms with E-state index in [1.54, 1.807) is 6.92 Å². The first-order valence-corrected chi connectivity index (χ1v) is 10.7. The maximum atomic E-state index is 13.1. The van der Waals surface area contributed by atoms with Gasteiger partial charge >= 0.3 is 5.97 Å². The van der Waals surface area contributed by atoms with Crippen LogP contribution in [0.3, 0.4) is 0 Å². The minimum absolute atomic E-state index is 0.132. The lowest BCUT2D eigenvalue weighted by atomic mass is 9.97. The second-order valence-corrected chi connectivity index (χ2v) is 7.94. The Morgan fingerprint density at radius 1 is 1.19 bits per heavy atom. The normalized spacial score (nSPS) is 19.4. The molecule has 0 aromatic carbocycles. The van der Waals surface area contributed by atoms with Crippen LogP contribution in [0.1, 0.15) is 38.8 Å². The van der Waals surface area contributed by atoms with Gasteiger partial charge in [-0.1, -0.05) is 20.3 Å². The summed E-state index contributed by atoms with van der Waals surface area (Å²) in [5, 5.41) is 29.0. The van der Waals surface area contributed by atoms with Crippen molar-refractivity contribution in [1.29, 1.82) is 0 Å². The second-order valence-electron chi connectivity index (χ2n) is 7.94. The number of carboxylic acids is 1. The van der Waals surface area contributed by atoms with E-state index in [4.69, 9.17) is 5.11 Å². The van der Waals surface area contributed by atoms with Crippen molar-refractivity contribution in [3.63, 3.8) is 0 Å². The second kappa shape index (κ2) is 12.2. The number of aromatic amines is 1. The van der Waals surface area contributed by atoms with Gasteiger partial charge in [-0.15, -0.1) is 0 Å². The Morgan fingerprint density at radius 3 is 2.47 bits per heavy atom. The van der Waals surface area contributed by atoms with E-state index in [1.807, 2.05) is 6.92 Å². The highest BCUT2D eigenvalue weighted by molar-refractivity contribution is 5.94. The van der Waals surface area contributed by atoms with Crippen LogP contribution in [0.25, 0.3) is 0 Å². The van der Waals surface area contributed by atoms with Crippen LogP contribution >= 0.6 is 0 Å². The van der Waals surface area contributed by atoms with Crippen LogP contribution in [0.5, 0.6) is 0 Å². The number of hydrogen-bond acceptors (Lipinski definition) is 7. The number of aliphatic hydroxyl groups excluding tert-OH is 1. The van der Waals surface area contributed by atoms with Gasteiger partial charge in [-0.3, -0.25) is 14.4 Å². The first kappa shape index (κ1) is 25.3. The summed E-state index contributed by atoms with van der Waals surface area (Å²) in [6, 6.07) is -3.90. The Kier molecular flexibility index (Phi) is 9.60. The van der Waals surface area contributed by atoms with Crippen LogP contribution in [0.4, 0.5) is 0 Å². The summed E-state index contributed by atoms with van der Waals surface area (Å²) in [4.78, 5) is 56.4. The fourth-order valence-electron chi connectivity index (χ4n) is 3.41. The summed E-state index contributed by atoms with van der Waals surface area (Å²) in [7, 11) is 0. The molecule has 0 aliphatic carbocycles. The zero-order valence-corrected chi connectivity index (χ0v) is 18.3. The molecule has 5 unspecified atom stereocenters. The number of aromatic nitrogens is 2. The van der Waals surface area contributed by atoms with Crippen LogP contribution < -0.4 is 21.3 Å². The Hall–Kier alpha value is -2.99. The van der Waals surface area contributed by atoms with E-state index in [0.29, 0.717) is 18.5 Å². The predicted octanol–water partition coefficient (Wildman–Crippen LogP) is -1.72. The topological polar surface area (TPSA) is 186 Å². The molecule has 1 aliphatic heterocycles. The Bertz CT molecular complexity index is 780. The van der Waals surface area contributed by atoms with Crippen LogP contribution in [0, 0.1) is 5.92 Å². The predicted molar refractivity (Wildman–Crippen MR) is 113 cm³/mol. The number of H-pyrrole nitrogens is 1. The van der Waals surface area contributed by atoms with Gasteiger partial charge < -0.3 is 36.5 Å². The highest BCUT2D eigenvalue weighted by Gasteiger charge is 2.33. The van der Waals surface area contributed by atoms with Gasteiger partial charge in [0.2, 0.25) is 17.7 Å². The highest BCUT2D eigenvalue weighted by Crippen LogP contribution is 2.11. The number of imidazole rings is 1. The third-order valence-corrected chi connectivity index (χ3v) is 5.58. The van der Waals surface area contributed by atoms with Crippen molar-refractivity contribution in [3.05, 3.63) is 18.2 Å². The van der Waals surface area contributed by atoms with Crippen LogP contribution in [-0.4, -0.2) is 81.2 Å². The molecule has 2 rings (SSSR count). The smallest absolute Gasteiger partial charge is 0.328 e. The van der Waals surface area contributed by atoms with Gasteiger partial charge in [0.15, 0.2) is 0 Å². The Balaban J connectivity index is 2.15. The number of carboxylic acid groups (broad SMARTS) is 1. The van der Waals surface area contributed by atoms with Crippen LogP contribution in [0.2, 0.25) is 0 Å². The summed E-state index contributed by atoms with van der Waals surface area (Å²) < 4.78 is 0. The van der Waals surface area contributed by atoms with Crippen molar-refractivity contribution in [2.45, 2.75) is 63.7 Å². The SMILES string of the molecule is CCC(C)C(NC(=O)C(Cc1cnc[nH]1)NC(=O)C1CCCN1)C(=O)NC(CO)C(=O)O. The fourth-order valence-corrected chi connectivity index (χ4v) is 3.41. The largest absolute Gasteiger partial charge is 0.480 e. The third kappa shape index (κ3) is 7.02. The maximum Gasteiger partial charge on any atom is 0.328 e. The van der Waals surface area contributed by atoms with E-state index >= 15 is 0 Å². The van der Waals surface area contributed by atoms with Crippen molar-refractivity contribution >= 4 is 23.7 Å². The van der Waals surface area contributed by atoms with Crippen LogP contribution in [0.15, 0.2) is 12.5 Å². The molecule has 3 amide bonds. The first-order valence-electron chi connectivity index (χ1n) is 10.7. The molecule has 1 aromatic heterocycles. The molecular formula is C20H32N6O6. The number of carbonyl (C=O) groups is 4. The molecule has 32 heavy (non-hydrogen) atoms. The number of nitrogens with one attached hydrogen (secondary N) is 5. The molecular weight excluding hydrogens is 420 g/mol. The molecule has 178 valence electrons. The number of nitrogens with zero attached hydrogens (tertiary/aromatic N) is 1. The molecule has 1 fully saturated rings. The zero-order valence-electron chi connectivity index (χ0n) is 18.3. The lowest BCUT2D eigenvalue weighted by Crippen LogP contribution is -2.59. The van der Waals surface area contributed by atoms with Crippen molar-refractivity contribution in [2.24, 2.45) is 5.92 Å². The average molecular weight is 453 g/mol. The van der Waals surface area contributed by atoms with Gasteiger partial charge in [-0.25, -0.2) is 9.78 Å². The quantitative estimate of drug-likeness (QED) is 0.195. The number of rotatable bonds is 12. The summed E-state index contributed by atoms with van der Waals surface area (Å²) in [5.74, 6) is -3.32. The van der Waals surface area contributed by atoms with E-state index in [-0.39, 0.29) is 24.3 Å².